The highest BCUT2D eigenvalue weighted by Crippen LogP contribution is 2.33. The molecular formula is C29H35N5O4S2. The highest BCUT2D eigenvalue weighted by atomic mass is 32.2. The van der Waals surface area contributed by atoms with E-state index in [4.69, 9.17) is 0 Å². The van der Waals surface area contributed by atoms with Gasteiger partial charge in [0, 0.05) is 42.1 Å². The van der Waals surface area contributed by atoms with Crippen LogP contribution in [0.2, 0.25) is 0 Å². The van der Waals surface area contributed by atoms with Crippen LogP contribution in [0.1, 0.15) is 79.2 Å². The summed E-state index contributed by atoms with van der Waals surface area (Å²) >= 11 is 1.39. The lowest BCUT2D eigenvalue weighted by atomic mass is 9.95. The first-order valence-electron chi connectivity index (χ1n) is 14.0. The van der Waals surface area contributed by atoms with Crippen molar-refractivity contribution in [3.63, 3.8) is 0 Å². The van der Waals surface area contributed by atoms with Crippen molar-refractivity contribution in [2.45, 2.75) is 74.8 Å². The molecule has 2 aromatic heterocycles. The molecule has 3 aromatic rings. The Morgan fingerprint density at radius 2 is 1.65 bits per heavy atom. The highest BCUT2D eigenvalue weighted by Gasteiger charge is 2.36. The summed E-state index contributed by atoms with van der Waals surface area (Å²) in [5.41, 5.74) is 0.499. The summed E-state index contributed by atoms with van der Waals surface area (Å²) in [6.07, 6.45) is 13.1. The molecule has 3 heterocycles. The van der Waals surface area contributed by atoms with Crippen LogP contribution in [0, 0.1) is 0 Å². The van der Waals surface area contributed by atoms with Crippen LogP contribution in [0.5, 0.6) is 0 Å². The molecule has 0 radical (unpaired) electrons. The maximum atomic E-state index is 14.0. The van der Waals surface area contributed by atoms with Gasteiger partial charge in [-0.3, -0.25) is 19.5 Å². The quantitative estimate of drug-likeness (QED) is 0.403. The monoisotopic (exact) mass is 581 g/mol. The predicted octanol–water partition coefficient (Wildman–Crippen LogP) is 4.94. The predicted molar refractivity (Wildman–Crippen MR) is 155 cm³/mol. The lowest BCUT2D eigenvalue weighted by Gasteiger charge is -2.32. The maximum Gasteiger partial charge on any atom is 0.279 e. The van der Waals surface area contributed by atoms with Crippen molar-refractivity contribution >= 4 is 38.9 Å². The summed E-state index contributed by atoms with van der Waals surface area (Å²) in [4.78, 5) is 38.4. The van der Waals surface area contributed by atoms with E-state index in [9.17, 15) is 18.0 Å². The molecule has 11 heteroatoms. The van der Waals surface area contributed by atoms with Gasteiger partial charge in [-0.2, -0.15) is 4.31 Å². The Bertz CT molecular complexity index is 1370. The van der Waals surface area contributed by atoms with E-state index in [-0.39, 0.29) is 22.5 Å². The van der Waals surface area contributed by atoms with Gasteiger partial charge in [-0.15, -0.1) is 11.3 Å². The molecular weight excluding hydrogens is 546 g/mol. The van der Waals surface area contributed by atoms with E-state index in [0.717, 1.165) is 57.8 Å². The molecule has 2 aliphatic rings. The third kappa shape index (κ3) is 6.42. The summed E-state index contributed by atoms with van der Waals surface area (Å²) in [7, 11) is -3.67. The maximum absolute atomic E-state index is 14.0. The number of benzene rings is 1. The van der Waals surface area contributed by atoms with Gasteiger partial charge in [0.15, 0.2) is 6.04 Å². The number of thiophene rings is 1. The van der Waals surface area contributed by atoms with Crippen LogP contribution < -0.4 is 10.2 Å². The number of rotatable bonds is 8. The largest absolute Gasteiger partial charge is 0.351 e. The number of hydrogen-bond acceptors (Lipinski definition) is 7. The minimum atomic E-state index is -3.67. The van der Waals surface area contributed by atoms with Crippen LogP contribution in [-0.2, 0) is 14.8 Å². The number of nitrogens with zero attached hydrogens (tertiary/aromatic N) is 4. The third-order valence-electron chi connectivity index (χ3n) is 7.59. The van der Waals surface area contributed by atoms with Gasteiger partial charge >= 0.3 is 0 Å². The highest BCUT2D eigenvalue weighted by molar-refractivity contribution is 7.89. The van der Waals surface area contributed by atoms with Gasteiger partial charge in [0.2, 0.25) is 15.9 Å². The van der Waals surface area contributed by atoms with Gasteiger partial charge in [0.1, 0.15) is 5.69 Å². The second kappa shape index (κ2) is 13.0. The standard InChI is InChI=1S/C29H35N5O4S2/c35-28(32-22-9-4-3-5-10-22)27(26-11-8-20-39-26)34(29(36)25-21-30-16-17-31-25)23-12-14-24(15-13-23)40(37,38)33-18-6-1-2-7-19-33/h8,11-17,20-22,27H,1-7,9-10,18-19H2,(H,32,35). The van der Waals surface area contributed by atoms with Crippen molar-refractivity contribution in [3.05, 3.63) is 70.9 Å². The summed E-state index contributed by atoms with van der Waals surface area (Å²) < 4.78 is 28.3. The Balaban J connectivity index is 1.52. The molecule has 40 heavy (non-hydrogen) atoms. The minimum absolute atomic E-state index is 0.0540. The molecule has 1 aromatic carbocycles. The van der Waals surface area contributed by atoms with E-state index in [2.05, 4.69) is 15.3 Å². The molecule has 0 spiro atoms. The topological polar surface area (TPSA) is 113 Å². The van der Waals surface area contributed by atoms with Crippen molar-refractivity contribution in [1.82, 2.24) is 19.6 Å². The number of anilines is 1. The van der Waals surface area contributed by atoms with Crippen molar-refractivity contribution in [3.8, 4) is 0 Å². The molecule has 212 valence electrons. The Morgan fingerprint density at radius 3 is 2.27 bits per heavy atom. The van der Waals surface area contributed by atoms with Crippen LogP contribution in [0.3, 0.4) is 0 Å². The van der Waals surface area contributed by atoms with E-state index in [1.165, 1.54) is 47.0 Å². The summed E-state index contributed by atoms with van der Waals surface area (Å²) in [5, 5.41) is 5.06. The van der Waals surface area contributed by atoms with Crippen LogP contribution in [-0.4, -0.2) is 53.6 Å². The summed E-state index contributed by atoms with van der Waals surface area (Å²) in [5.74, 6) is -0.763. The summed E-state index contributed by atoms with van der Waals surface area (Å²) in [6, 6.07) is 9.05. The van der Waals surface area contributed by atoms with Crippen molar-refractivity contribution in [2.24, 2.45) is 0 Å². The third-order valence-corrected chi connectivity index (χ3v) is 10.4. The van der Waals surface area contributed by atoms with Gasteiger partial charge in [0.25, 0.3) is 5.91 Å². The molecule has 1 saturated heterocycles. The van der Waals surface area contributed by atoms with Gasteiger partial charge in [-0.05, 0) is 61.4 Å². The molecule has 1 unspecified atom stereocenters. The zero-order valence-corrected chi connectivity index (χ0v) is 24.1. The van der Waals surface area contributed by atoms with Crippen molar-refractivity contribution in [1.29, 1.82) is 0 Å². The minimum Gasteiger partial charge on any atom is -0.351 e. The van der Waals surface area contributed by atoms with Crippen LogP contribution >= 0.6 is 11.3 Å². The van der Waals surface area contributed by atoms with Gasteiger partial charge < -0.3 is 5.32 Å². The van der Waals surface area contributed by atoms with Crippen LogP contribution in [0.25, 0.3) is 0 Å². The average molecular weight is 582 g/mol. The van der Waals surface area contributed by atoms with E-state index >= 15 is 0 Å². The Labute approximate surface area is 239 Å². The number of carbonyl (C=O) groups is 2. The van der Waals surface area contributed by atoms with Gasteiger partial charge in [-0.1, -0.05) is 38.2 Å². The van der Waals surface area contributed by atoms with E-state index in [0.29, 0.717) is 23.7 Å². The number of carbonyl (C=O) groups excluding carboxylic acids is 2. The van der Waals surface area contributed by atoms with Crippen molar-refractivity contribution < 1.29 is 18.0 Å². The van der Waals surface area contributed by atoms with E-state index < -0.39 is 22.0 Å². The first kappa shape index (κ1) is 28.4. The second-order valence-electron chi connectivity index (χ2n) is 10.3. The zero-order valence-electron chi connectivity index (χ0n) is 22.4. The molecule has 1 saturated carbocycles. The molecule has 9 nitrogen and oxygen atoms in total. The molecule has 2 fully saturated rings. The first-order valence-corrected chi connectivity index (χ1v) is 16.3. The number of hydrogen-bond donors (Lipinski definition) is 1. The number of aromatic nitrogens is 2. The Morgan fingerprint density at radius 1 is 0.950 bits per heavy atom. The number of nitrogens with one attached hydrogen (secondary N) is 1. The fourth-order valence-electron chi connectivity index (χ4n) is 5.47. The lowest BCUT2D eigenvalue weighted by molar-refractivity contribution is -0.123. The molecule has 5 rings (SSSR count). The molecule has 1 aliphatic carbocycles. The Hall–Kier alpha value is -3.15. The smallest absolute Gasteiger partial charge is 0.279 e. The molecule has 2 amide bonds. The van der Waals surface area contributed by atoms with Gasteiger partial charge in [-0.25, -0.2) is 13.4 Å². The first-order chi connectivity index (χ1) is 19.4. The second-order valence-corrected chi connectivity index (χ2v) is 13.3. The normalized spacial score (nSPS) is 18.0. The number of amides is 2. The zero-order chi connectivity index (χ0) is 28.0. The SMILES string of the molecule is O=C(NC1CCCCC1)C(c1cccs1)N(C(=O)c1cnccn1)c1ccc(S(=O)(=O)N2CCCCCC2)cc1. The number of sulfonamides is 1. The lowest BCUT2D eigenvalue weighted by Crippen LogP contribution is -2.47. The van der Waals surface area contributed by atoms with Gasteiger partial charge in [0.05, 0.1) is 11.1 Å². The molecule has 0 bridgehead atoms. The van der Waals surface area contributed by atoms with Crippen LogP contribution in [0.15, 0.2) is 65.3 Å². The fourth-order valence-corrected chi connectivity index (χ4v) is 7.80. The molecule has 1 atom stereocenters. The van der Waals surface area contributed by atoms with Crippen LogP contribution in [0.4, 0.5) is 5.69 Å². The van der Waals surface area contributed by atoms with Crippen molar-refractivity contribution in [2.75, 3.05) is 18.0 Å². The molecule has 1 aliphatic heterocycles. The Kier molecular flexibility index (Phi) is 9.23. The average Bonchev–Trinajstić information content (AvgIpc) is 3.36. The van der Waals surface area contributed by atoms with E-state index in [1.807, 2.05) is 17.5 Å². The fraction of sp³-hybridized carbons (Fsp3) is 0.448. The molecule has 1 N–H and O–H groups in total. The summed E-state index contributed by atoms with van der Waals surface area (Å²) in [6.45, 7) is 1.01. The van der Waals surface area contributed by atoms with E-state index in [1.54, 1.807) is 16.4 Å².